The molecule has 0 bridgehead atoms. The van der Waals surface area contributed by atoms with Gasteiger partial charge in [-0.05, 0) is 51.0 Å². The Hall–Kier alpha value is -0.910. The average molecular weight is 339 g/mol. The molecule has 130 valence electrons. The van der Waals surface area contributed by atoms with E-state index in [1.807, 2.05) is 24.3 Å². The van der Waals surface area contributed by atoms with Crippen LogP contribution in [0.15, 0.2) is 29.2 Å². The molecule has 1 aliphatic heterocycles. The molecule has 1 aromatic carbocycles. The smallest absolute Gasteiger partial charge is 0.120 e. The van der Waals surface area contributed by atoms with Crippen LogP contribution in [0.4, 0.5) is 0 Å². The first-order valence-electron chi connectivity index (χ1n) is 8.61. The van der Waals surface area contributed by atoms with Crippen LogP contribution in [-0.2, 0) is 10.8 Å². The lowest BCUT2D eigenvalue weighted by molar-refractivity contribution is 0.0808. The van der Waals surface area contributed by atoms with Gasteiger partial charge in [0.25, 0.3) is 0 Å². The summed E-state index contributed by atoms with van der Waals surface area (Å²) < 4.78 is 18.1. The Morgan fingerprint density at radius 3 is 2.48 bits per heavy atom. The molecule has 0 spiro atoms. The maximum atomic E-state index is 12.0. The van der Waals surface area contributed by atoms with Crippen LogP contribution in [0.3, 0.4) is 0 Å². The number of ether oxygens (including phenoxy) is 1. The van der Waals surface area contributed by atoms with E-state index in [-0.39, 0.29) is 5.60 Å². The number of nitrogens with zero attached hydrogens (tertiary/aromatic N) is 1. The van der Waals surface area contributed by atoms with E-state index in [1.165, 1.54) is 0 Å². The maximum absolute atomic E-state index is 12.0. The molecule has 1 heterocycles. The van der Waals surface area contributed by atoms with Crippen LogP contribution >= 0.6 is 0 Å². The molecule has 23 heavy (non-hydrogen) atoms. The van der Waals surface area contributed by atoms with Gasteiger partial charge >= 0.3 is 0 Å². The summed E-state index contributed by atoms with van der Waals surface area (Å²) in [4.78, 5) is 3.37. The minimum Gasteiger partial charge on any atom is -0.488 e. The second-order valence-electron chi connectivity index (χ2n) is 6.72. The molecule has 4 nitrogen and oxygen atoms in total. The van der Waals surface area contributed by atoms with Gasteiger partial charge in [-0.15, -0.1) is 0 Å². The van der Waals surface area contributed by atoms with E-state index < -0.39 is 10.8 Å². The van der Waals surface area contributed by atoms with Gasteiger partial charge in [-0.3, -0.25) is 4.21 Å². The van der Waals surface area contributed by atoms with Crippen molar-refractivity contribution in [2.75, 3.05) is 38.5 Å². The molecule has 0 aromatic heterocycles. The topological polar surface area (TPSA) is 41.6 Å². The summed E-state index contributed by atoms with van der Waals surface area (Å²) in [6.45, 7) is 11.8. The zero-order valence-corrected chi connectivity index (χ0v) is 15.5. The molecule has 0 saturated carbocycles. The number of hydrogen-bond acceptors (Lipinski definition) is 4. The van der Waals surface area contributed by atoms with Crippen LogP contribution in [0.25, 0.3) is 0 Å². The number of benzene rings is 1. The van der Waals surface area contributed by atoms with Gasteiger partial charge in [-0.1, -0.05) is 6.92 Å². The van der Waals surface area contributed by atoms with Gasteiger partial charge in [-0.25, -0.2) is 0 Å². The highest BCUT2D eigenvalue weighted by molar-refractivity contribution is 7.85. The normalized spacial score (nSPS) is 17.9. The van der Waals surface area contributed by atoms with E-state index in [0.717, 1.165) is 62.0 Å². The fraction of sp³-hybridized carbons (Fsp3) is 0.667. The predicted octanol–water partition coefficient (Wildman–Crippen LogP) is 2.66. The summed E-state index contributed by atoms with van der Waals surface area (Å²) >= 11 is 0. The first-order valence-corrected chi connectivity index (χ1v) is 9.92. The van der Waals surface area contributed by atoms with Gasteiger partial charge in [0.05, 0.1) is 10.8 Å². The number of piperazine rings is 1. The summed E-state index contributed by atoms with van der Waals surface area (Å²) in [5, 5.41) is 3.38. The molecule has 1 N–H and O–H groups in total. The van der Waals surface area contributed by atoms with Crippen molar-refractivity contribution in [3.05, 3.63) is 24.3 Å². The maximum Gasteiger partial charge on any atom is 0.120 e. The summed E-state index contributed by atoms with van der Waals surface area (Å²) in [5.41, 5.74) is -0.199. The average Bonchev–Trinajstić information content (AvgIpc) is 2.55. The zero-order chi connectivity index (χ0) is 16.7. The molecule has 1 aromatic rings. The molecule has 1 fully saturated rings. The molecule has 1 aliphatic rings. The highest BCUT2D eigenvalue weighted by Gasteiger charge is 2.22. The van der Waals surface area contributed by atoms with Crippen molar-refractivity contribution in [2.24, 2.45) is 0 Å². The second kappa shape index (κ2) is 8.81. The molecule has 1 unspecified atom stereocenters. The first-order chi connectivity index (χ1) is 11.0. The number of rotatable bonds is 8. The minimum atomic E-state index is -0.890. The number of hydrogen-bond donors (Lipinski definition) is 1. The molecule has 1 saturated heterocycles. The Bertz CT molecular complexity index is 496. The Balaban J connectivity index is 1.85. The lowest BCUT2D eigenvalue weighted by Gasteiger charge is -2.32. The third-order valence-corrected chi connectivity index (χ3v) is 5.69. The van der Waals surface area contributed by atoms with Gasteiger partial charge in [0.15, 0.2) is 0 Å². The summed E-state index contributed by atoms with van der Waals surface area (Å²) in [6.07, 6.45) is 1.93. The van der Waals surface area contributed by atoms with Gasteiger partial charge in [0.2, 0.25) is 0 Å². The SMILES string of the molecule is CCCS(=O)c1ccc(OC(C)(C)CCN2CCNCC2)cc1. The molecule has 0 radical (unpaired) electrons. The molecule has 2 rings (SSSR count). The number of nitrogens with one attached hydrogen (secondary N) is 1. The van der Waals surface area contributed by atoms with Crippen LogP contribution in [0, 0.1) is 0 Å². The van der Waals surface area contributed by atoms with Crippen LogP contribution in [-0.4, -0.2) is 53.2 Å². The highest BCUT2D eigenvalue weighted by Crippen LogP contribution is 2.23. The first kappa shape index (κ1) is 18.4. The summed E-state index contributed by atoms with van der Waals surface area (Å²) in [6, 6.07) is 7.73. The molecule has 5 heteroatoms. The third-order valence-electron chi connectivity index (χ3n) is 4.11. The summed E-state index contributed by atoms with van der Waals surface area (Å²) in [5.74, 6) is 1.57. The molecular formula is C18H30N2O2S. The Kier molecular flexibility index (Phi) is 7.06. The lowest BCUT2D eigenvalue weighted by Crippen LogP contribution is -2.45. The molecule has 1 atom stereocenters. The van der Waals surface area contributed by atoms with E-state index in [2.05, 4.69) is 31.0 Å². The van der Waals surface area contributed by atoms with E-state index in [1.54, 1.807) is 0 Å². The van der Waals surface area contributed by atoms with Gasteiger partial charge in [0, 0.05) is 43.4 Å². The van der Waals surface area contributed by atoms with Crippen LogP contribution < -0.4 is 10.1 Å². The molecular weight excluding hydrogens is 308 g/mol. The van der Waals surface area contributed by atoms with Crippen molar-refractivity contribution in [1.82, 2.24) is 10.2 Å². The van der Waals surface area contributed by atoms with E-state index in [4.69, 9.17) is 4.74 Å². The lowest BCUT2D eigenvalue weighted by atomic mass is 10.0. The second-order valence-corrected chi connectivity index (χ2v) is 8.30. The van der Waals surface area contributed by atoms with E-state index in [0.29, 0.717) is 0 Å². The van der Waals surface area contributed by atoms with Crippen molar-refractivity contribution in [3.63, 3.8) is 0 Å². The minimum absolute atomic E-state index is 0.199. The van der Waals surface area contributed by atoms with E-state index >= 15 is 0 Å². The monoisotopic (exact) mass is 338 g/mol. The van der Waals surface area contributed by atoms with Crippen LogP contribution in [0.2, 0.25) is 0 Å². The standard InChI is InChI=1S/C18H30N2O2S/c1-4-15-23(21)17-7-5-16(6-8-17)22-18(2,3)9-12-20-13-10-19-11-14-20/h5-8,19H,4,9-15H2,1-3H3. The Labute approximate surface area is 143 Å². The van der Waals surface area contributed by atoms with Crippen molar-refractivity contribution < 1.29 is 8.95 Å². The Morgan fingerprint density at radius 1 is 1.22 bits per heavy atom. The summed E-state index contributed by atoms with van der Waals surface area (Å²) in [7, 11) is -0.890. The van der Waals surface area contributed by atoms with Crippen molar-refractivity contribution in [2.45, 2.75) is 44.1 Å². The highest BCUT2D eigenvalue weighted by atomic mass is 32.2. The van der Waals surface area contributed by atoms with Gasteiger partial charge in [0.1, 0.15) is 11.4 Å². The van der Waals surface area contributed by atoms with Crippen molar-refractivity contribution in [1.29, 1.82) is 0 Å². The van der Waals surface area contributed by atoms with Crippen LogP contribution in [0.5, 0.6) is 5.75 Å². The van der Waals surface area contributed by atoms with E-state index in [9.17, 15) is 4.21 Å². The molecule has 0 aliphatic carbocycles. The molecule has 0 amide bonds. The van der Waals surface area contributed by atoms with Crippen molar-refractivity contribution in [3.8, 4) is 5.75 Å². The van der Waals surface area contributed by atoms with Gasteiger partial charge in [-0.2, -0.15) is 0 Å². The third kappa shape index (κ3) is 6.24. The fourth-order valence-corrected chi connectivity index (χ4v) is 3.74. The quantitative estimate of drug-likeness (QED) is 0.791. The zero-order valence-electron chi connectivity index (χ0n) is 14.6. The fourth-order valence-electron chi connectivity index (χ4n) is 2.69. The predicted molar refractivity (Wildman–Crippen MR) is 96.6 cm³/mol. The van der Waals surface area contributed by atoms with Crippen molar-refractivity contribution >= 4 is 10.8 Å². The van der Waals surface area contributed by atoms with Crippen LogP contribution in [0.1, 0.15) is 33.6 Å². The van der Waals surface area contributed by atoms with Gasteiger partial charge < -0.3 is 15.0 Å². The largest absolute Gasteiger partial charge is 0.488 e. The Morgan fingerprint density at radius 2 is 1.87 bits per heavy atom.